The molecule has 0 aliphatic rings. The average molecular weight is 744 g/mol. The normalized spacial score (nSPS) is 11.9. The van der Waals surface area contributed by atoms with Crippen molar-refractivity contribution in [3.05, 3.63) is 224 Å². The predicted octanol–water partition coefficient (Wildman–Crippen LogP) is 11.4. The average Bonchev–Trinajstić information content (AvgIpc) is 3.83. The number of benzene rings is 9. The molecule has 2 aromatic heterocycles. The lowest BCUT2D eigenvalue weighted by Gasteiger charge is -2.34. The molecule has 0 fully saturated rings. The molecule has 11 aromatic rings. The predicted molar refractivity (Wildman–Crippen MR) is 243 cm³/mol. The number of hydrogen-bond acceptors (Lipinski definition) is 1. The molecule has 11 rings (SSSR count). The van der Waals surface area contributed by atoms with Crippen LogP contribution in [0.2, 0.25) is 0 Å². The van der Waals surface area contributed by atoms with E-state index >= 15 is 0 Å². The van der Waals surface area contributed by atoms with Crippen molar-refractivity contribution >= 4 is 72.6 Å². The third-order valence-electron chi connectivity index (χ3n) is 11.7. The van der Waals surface area contributed by atoms with Gasteiger partial charge in [-0.15, -0.1) is 0 Å². The number of nitrogens with zero attached hydrogens (tertiary/aromatic N) is 1. The van der Waals surface area contributed by atoms with Crippen LogP contribution in [0.1, 0.15) is 0 Å². The molecule has 2 nitrogen and oxygen atoms in total. The van der Waals surface area contributed by atoms with E-state index in [0.29, 0.717) is 0 Å². The van der Waals surface area contributed by atoms with Gasteiger partial charge < -0.3 is 8.98 Å². The Balaban J connectivity index is 1.00. The molecule has 9 aromatic carbocycles. The number of furan rings is 1. The molecule has 0 unspecified atom stereocenters. The van der Waals surface area contributed by atoms with Crippen molar-refractivity contribution < 1.29 is 4.42 Å². The number of hydrogen-bond donors (Lipinski definition) is 0. The fraction of sp³-hybridized carbons (Fsp3) is 0. The highest BCUT2D eigenvalue weighted by molar-refractivity contribution is 7.19. The second-order valence-electron chi connectivity index (χ2n) is 14.9. The van der Waals surface area contributed by atoms with Gasteiger partial charge in [-0.2, -0.15) is 0 Å². The van der Waals surface area contributed by atoms with Gasteiger partial charge in [0, 0.05) is 27.2 Å². The summed E-state index contributed by atoms with van der Waals surface area (Å²) in [6.45, 7) is 0. The van der Waals surface area contributed by atoms with Crippen molar-refractivity contribution in [2.45, 2.75) is 0 Å². The summed E-state index contributed by atoms with van der Waals surface area (Å²) >= 11 is 0. The van der Waals surface area contributed by atoms with Crippen molar-refractivity contribution in [3.8, 4) is 27.9 Å². The van der Waals surface area contributed by atoms with E-state index in [1.165, 1.54) is 53.7 Å². The SMILES string of the molecule is c1ccc([Si](c2ccccc2)(c2ccccc2)c2cccc(-c3cccc(-c4ccc5c(c4)oc4ccc(-n6c7ccccc7c7ccccc76)cc45)c3)c2)cc1. The number of rotatable bonds is 7. The lowest BCUT2D eigenvalue weighted by molar-refractivity contribution is 0.669. The molecule has 57 heavy (non-hydrogen) atoms. The summed E-state index contributed by atoms with van der Waals surface area (Å²) < 4.78 is 8.92. The highest BCUT2D eigenvalue weighted by Gasteiger charge is 2.41. The van der Waals surface area contributed by atoms with Crippen LogP contribution in [-0.4, -0.2) is 12.6 Å². The molecule has 0 aliphatic heterocycles. The van der Waals surface area contributed by atoms with Crippen molar-refractivity contribution in [1.29, 1.82) is 0 Å². The maximum atomic E-state index is 6.55. The topological polar surface area (TPSA) is 18.1 Å². The van der Waals surface area contributed by atoms with Crippen LogP contribution in [0.25, 0.3) is 71.7 Å². The summed E-state index contributed by atoms with van der Waals surface area (Å²) in [4.78, 5) is 0. The molecule has 2 heterocycles. The molecular weight excluding hydrogens is 707 g/mol. The first-order valence-corrected chi connectivity index (χ1v) is 21.6. The molecule has 3 heteroatoms. The third-order valence-corrected chi connectivity index (χ3v) is 16.5. The van der Waals surface area contributed by atoms with Crippen molar-refractivity contribution in [3.63, 3.8) is 0 Å². The van der Waals surface area contributed by atoms with Crippen LogP contribution in [0.4, 0.5) is 0 Å². The zero-order valence-corrected chi connectivity index (χ0v) is 32.2. The maximum Gasteiger partial charge on any atom is 0.179 e. The Kier molecular flexibility index (Phi) is 7.87. The lowest BCUT2D eigenvalue weighted by Crippen LogP contribution is -2.74. The zero-order valence-electron chi connectivity index (χ0n) is 31.2. The second-order valence-corrected chi connectivity index (χ2v) is 18.7. The van der Waals surface area contributed by atoms with Gasteiger partial charge in [0.15, 0.2) is 8.07 Å². The summed E-state index contributed by atoms with van der Waals surface area (Å²) in [7, 11) is -2.65. The maximum absolute atomic E-state index is 6.55. The number of fused-ring (bicyclic) bond motifs is 6. The first kappa shape index (κ1) is 33.2. The van der Waals surface area contributed by atoms with Gasteiger partial charge in [0.1, 0.15) is 11.2 Å². The quantitative estimate of drug-likeness (QED) is 0.117. The zero-order chi connectivity index (χ0) is 37.8. The lowest BCUT2D eigenvalue weighted by atomic mass is 9.98. The van der Waals surface area contributed by atoms with Crippen molar-refractivity contribution in [1.82, 2.24) is 4.57 Å². The Morgan fingerprint density at radius 1 is 0.298 bits per heavy atom. The Bertz CT molecular complexity index is 3080. The van der Waals surface area contributed by atoms with Gasteiger partial charge in [-0.3, -0.25) is 0 Å². The van der Waals surface area contributed by atoms with Gasteiger partial charge >= 0.3 is 0 Å². The van der Waals surface area contributed by atoms with Gasteiger partial charge in [-0.05, 0) is 91.5 Å². The molecule has 0 bridgehead atoms. The van der Waals surface area contributed by atoms with Crippen LogP contribution < -0.4 is 20.7 Å². The van der Waals surface area contributed by atoms with Crippen LogP contribution >= 0.6 is 0 Å². The van der Waals surface area contributed by atoms with Crippen LogP contribution in [0.3, 0.4) is 0 Å². The molecule has 268 valence electrons. The van der Waals surface area contributed by atoms with Gasteiger partial charge in [0.2, 0.25) is 0 Å². The molecule has 0 N–H and O–H groups in total. The van der Waals surface area contributed by atoms with Crippen LogP contribution in [0.15, 0.2) is 229 Å². The summed E-state index contributed by atoms with van der Waals surface area (Å²) in [5.41, 5.74) is 9.98. The highest BCUT2D eigenvalue weighted by Crippen LogP contribution is 2.37. The van der Waals surface area contributed by atoms with E-state index in [4.69, 9.17) is 4.42 Å². The summed E-state index contributed by atoms with van der Waals surface area (Å²) in [6, 6.07) is 82.1. The van der Waals surface area contributed by atoms with E-state index in [1.54, 1.807) is 0 Å². The first-order valence-electron chi connectivity index (χ1n) is 19.6. The smallest absolute Gasteiger partial charge is 0.179 e. The third kappa shape index (κ3) is 5.39. The Hall–Kier alpha value is -7.20. The standard InChI is InChI=1S/C54H37NOSi/c1-4-19-43(20-5-1)57(44-21-6-2-7-22-44,45-23-8-3-9-24-45)46-25-15-18-40(35-46)38-16-14-17-39(34-38)41-30-32-49-50-37-42(31-33-53(50)56-54(49)36-41)55-51-28-12-10-26-47(51)48-27-11-13-29-52(48)55/h1-37H. The Morgan fingerprint density at radius 2 is 0.789 bits per heavy atom. The van der Waals surface area contributed by atoms with Gasteiger partial charge in [-0.1, -0.05) is 176 Å². The van der Waals surface area contributed by atoms with Crippen LogP contribution in [0.5, 0.6) is 0 Å². The van der Waals surface area contributed by atoms with Gasteiger partial charge in [-0.25, -0.2) is 0 Å². The Labute approximate surface area is 332 Å². The molecular formula is C54H37NOSi. The van der Waals surface area contributed by atoms with Crippen molar-refractivity contribution in [2.75, 3.05) is 0 Å². The molecule has 0 aliphatic carbocycles. The van der Waals surface area contributed by atoms with E-state index in [2.05, 4.69) is 229 Å². The van der Waals surface area contributed by atoms with E-state index in [1.807, 2.05) is 0 Å². The summed E-state index contributed by atoms with van der Waals surface area (Å²) in [6.07, 6.45) is 0. The second kappa shape index (κ2) is 13.5. The highest BCUT2D eigenvalue weighted by atomic mass is 28.3. The summed E-state index contributed by atoms with van der Waals surface area (Å²) in [5.74, 6) is 0. The van der Waals surface area contributed by atoms with E-state index < -0.39 is 8.07 Å². The monoisotopic (exact) mass is 743 g/mol. The minimum Gasteiger partial charge on any atom is -0.456 e. The molecule has 0 spiro atoms. The fourth-order valence-corrected chi connectivity index (χ4v) is 14.0. The van der Waals surface area contributed by atoms with Crippen LogP contribution in [-0.2, 0) is 0 Å². The largest absolute Gasteiger partial charge is 0.456 e. The first-order chi connectivity index (χ1) is 28.3. The molecule has 0 amide bonds. The fourth-order valence-electron chi connectivity index (χ4n) is 9.16. The van der Waals surface area contributed by atoms with Gasteiger partial charge in [0.05, 0.1) is 11.0 Å². The minimum atomic E-state index is -2.65. The molecule has 0 saturated carbocycles. The molecule has 0 atom stereocenters. The van der Waals surface area contributed by atoms with Gasteiger partial charge in [0.25, 0.3) is 0 Å². The Morgan fingerprint density at radius 3 is 1.39 bits per heavy atom. The molecule has 0 radical (unpaired) electrons. The minimum absolute atomic E-state index is 0.888. The summed E-state index contributed by atoms with van der Waals surface area (Å²) in [5, 5.41) is 10.2. The number of para-hydroxylation sites is 2. The molecule has 0 saturated heterocycles. The number of aromatic nitrogens is 1. The van der Waals surface area contributed by atoms with E-state index in [0.717, 1.165) is 38.8 Å². The van der Waals surface area contributed by atoms with Crippen LogP contribution in [0, 0.1) is 0 Å². The van der Waals surface area contributed by atoms with Crippen molar-refractivity contribution in [2.24, 2.45) is 0 Å². The van der Waals surface area contributed by atoms with E-state index in [-0.39, 0.29) is 0 Å². The van der Waals surface area contributed by atoms with E-state index in [9.17, 15) is 0 Å².